The molecule has 1 rings (SSSR count). The van der Waals surface area contributed by atoms with Gasteiger partial charge in [-0.15, -0.1) is 0 Å². The van der Waals surface area contributed by atoms with Crippen molar-refractivity contribution < 1.29 is 31.1 Å². The molecule has 0 radical (unpaired) electrons. The standard InChI is InChI=1S/C9H5F6IO/c1-17-7-3-4(8(10,11)12)6(16)2-5(7)9(13,14)15/h2-3H,1H3. The quantitative estimate of drug-likeness (QED) is 0.528. The fourth-order valence-corrected chi connectivity index (χ4v) is 1.93. The maximum Gasteiger partial charge on any atom is 0.419 e. The number of benzene rings is 1. The third kappa shape index (κ3) is 3.17. The summed E-state index contributed by atoms with van der Waals surface area (Å²) in [6.07, 6.45) is -9.47. The van der Waals surface area contributed by atoms with Gasteiger partial charge in [0.15, 0.2) is 0 Å². The van der Waals surface area contributed by atoms with Crippen molar-refractivity contribution in [2.24, 2.45) is 0 Å². The highest BCUT2D eigenvalue weighted by molar-refractivity contribution is 14.1. The Balaban J connectivity index is 3.46. The molecule has 0 aliphatic heterocycles. The summed E-state index contributed by atoms with van der Waals surface area (Å²) in [5.41, 5.74) is -2.37. The van der Waals surface area contributed by atoms with Crippen molar-refractivity contribution in [3.8, 4) is 5.75 Å². The van der Waals surface area contributed by atoms with Gasteiger partial charge in [0.2, 0.25) is 0 Å². The van der Waals surface area contributed by atoms with E-state index in [9.17, 15) is 26.3 Å². The molecule has 0 atom stereocenters. The Hall–Kier alpha value is -0.670. The lowest BCUT2D eigenvalue weighted by Gasteiger charge is -2.16. The summed E-state index contributed by atoms with van der Waals surface area (Å²) in [4.78, 5) is 0. The molecule has 1 aromatic rings. The lowest BCUT2D eigenvalue weighted by molar-refractivity contribution is -0.142. The van der Waals surface area contributed by atoms with Crippen LogP contribution in [0.4, 0.5) is 26.3 Å². The van der Waals surface area contributed by atoms with Crippen molar-refractivity contribution in [1.82, 2.24) is 0 Å². The molecule has 0 saturated carbocycles. The van der Waals surface area contributed by atoms with Gasteiger partial charge in [-0.3, -0.25) is 0 Å². The van der Waals surface area contributed by atoms with Gasteiger partial charge in [0.25, 0.3) is 0 Å². The van der Waals surface area contributed by atoms with Gasteiger partial charge in [-0.25, -0.2) is 0 Å². The van der Waals surface area contributed by atoms with Gasteiger partial charge < -0.3 is 4.74 Å². The zero-order valence-corrected chi connectivity index (χ0v) is 10.4. The maximum absolute atomic E-state index is 12.5. The molecule has 0 aliphatic rings. The fraction of sp³-hybridized carbons (Fsp3) is 0.333. The van der Waals surface area contributed by atoms with Gasteiger partial charge in [-0.05, 0) is 34.7 Å². The number of hydrogen-bond donors (Lipinski definition) is 0. The van der Waals surface area contributed by atoms with E-state index in [2.05, 4.69) is 4.74 Å². The van der Waals surface area contributed by atoms with Crippen molar-refractivity contribution in [3.63, 3.8) is 0 Å². The second kappa shape index (κ2) is 4.54. The first-order valence-corrected chi connectivity index (χ1v) is 5.17. The summed E-state index contributed by atoms with van der Waals surface area (Å²) < 4.78 is 78.6. The van der Waals surface area contributed by atoms with Crippen LogP contribution in [0.5, 0.6) is 5.75 Å². The highest BCUT2D eigenvalue weighted by atomic mass is 127. The molecule has 17 heavy (non-hydrogen) atoms. The Morgan fingerprint density at radius 2 is 1.41 bits per heavy atom. The average Bonchev–Trinajstić information content (AvgIpc) is 2.14. The molecule has 0 amide bonds. The van der Waals surface area contributed by atoms with Crippen molar-refractivity contribution >= 4 is 22.6 Å². The van der Waals surface area contributed by atoms with Crippen LogP contribution in [0.2, 0.25) is 0 Å². The number of methoxy groups -OCH3 is 1. The summed E-state index contributed by atoms with van der Waals surface area (Å²) in [5, 5.41) is 0. The zero-order chi connectivity index (χ0) is 13.4. The SMILES string of the molecule is COc1cc(C(F)(F)F)c(I)cc1C(F)(F)F. The minimum absolute atomic E-state index is 0.352. The summed E-state index contributed by atoms with van der Waals surface area (Å²) >= 11 is 1.21. The summed E-state index contributed by atoms with van der Waals surface area (Å²) in [7, 11) is 0.887. The first-order chi connectivity index (χ1) is 7.57. The summed E-state index contributed by atoms with van der Waals surface area (Å²) in [6.45, 7) is 0. The lowest BCUT2D eigenvalue weighted by Crippen LogP contribution is -2.13. The van der Waals surface area contributed by atoms with E-state index >= 15 is 0 Å². The van der Waals surface area contributed by atoms with E-state index in [1.54, 1.807) is 0 Å². The Labute approximate surface area is 106 Å². The van der Waals surface area contributed by atoms with Gasteiger partial charge in [-0.1, -0.05) is 0 Å². The molecule has 8 heteroatoms. The lowest BCUT2D eigenvalue weighted by atomic mass is 10.1. The molecule has 96 valence electrons. The van der Waals surface area contributed by atoms with Crippen LogP contribution in [0.1, 0.15) is 11.1 Å². The second-order valence-corrected chi connectivity index (χ2v) is 4.19. The van der Waals surface area contributed by atoms with E-state index in [0.717, 1.165) is 7.11 Å². The fourth-order valence-electron chi connectivity index (χ4n) is 1.16. The molecule has 1 nitrogen and oxygen atoms in total. The predicted octanol–water partition coefficient (Wildman–Crippen LogP) is 4.34. The van der Waals surface area contributed by atoms with Crippen molar-refractivity contribution in [1.29, 1.82) is 0 Å². The van der Waals surface area contributed by atoms with Crippen LogP contribution in [0.25, 0.3) is 0 Å². The number of hydrogen-bond acceptors (Lipinski definition) is 1. The third-order valence-electron chi connectivity index (χ3n) is 1.90. The molecule has 0 bridgehead atoms. The van der Waals surface area contributed by atoms with Gasteiger partial charge in [0, 0.05) is 3.57 Å². The highest BCUT2D eigenvalue weighted by Gasteiger charge is 2.39. The normalized spacial score (nSPS) is 12.7. The van der Waals surface area contributed by atoms with Crippen molar-refractivity contribution in [3.05, 3.63) is 26.8 Å². The molecule has 0 N–H and O–H groups in total. The Kier molecular flexibility index (Phi) is 3.84. The molecular formula is C9H5F6IO. The number of halogens is 7. The molecule has 0 saturated heterocycles. The first-order valence-electron chi connectivity index (χ1n) is 4.09. The molecule has 0 fully saturated rings. The molecule has 0 aliphatic carbocycles. The largest absolute Gasteiger partial charge is 0.496 e. The van der Waals surface area contributed by atoms with E-state index in [4.69, 9.17) is 0 Å². The van der Waals surface area contributed by atoms with Crippen molar-refractivity contribution in [2.75, 3.05) is 7.11 Å². The molecule has 0 heterocycles. The molecule has 1 aromatic carbocycles. The van der Waals surface area contributed by atoms with Crippen LogP contribution in [0, 0.1) is 3.57 Å². The Bertz CT molecular complexity index is 423. The van der Waals surface area contributed by atoms with Crippen LogP contribution < -0.4 is 4.74 Å². The Morgan fingerprint density at radius 3 is 1.76 bits per heavy atom. The maximum atomic E-state index is 12.5. The predicted molar refractivity (Wildman–Crippen MR) is 55.7 cm³/mol. The minimum Gasteiger partial charge on any atom is -0.496 e. The van der Waals surface area contributed by atoms with Crippen molar-refractivity contribution in [2.45, 2.75) is 12.4 Å². The van der Waals surface area contributed by atoms with Crippen LogP contribution in [-0.4, -0.2) is 7.11 Å². The molecule has 0 spiro atoms. The third-order valence-corrected chi connectivity index (χ3v) is 2.79. The number of ether oxygens (including phenoxy) is 1. The molecule has 0 unspecified atom stereocenters. The van der Waals surface area contributed by atoms with Crippen LogP contribution in [0.3, 0.4) is 0 Å². The zero-order valence-electron chi connectivity index (χ0n) is 8.21. The van der Waals surface area contributed by atoms with Gasteiger partial charge >= 0.3 is 12.4 Å². The van der Waals surface area contributed by atoms with Crippen LogP contribution in [-0.2, 0) is 12.4 Å². The van der Waals surface area contributed by atoms with E-state index in [-0.39, 0.29) is 0 Å². The van der Waals surface area contributed by atoms with Gasteiger partial charge in [0.05, 0.1) is 18.2 Å². The topological polar surface area (TPSA) is 9.23 Å². The number of alkyl halides is 6. The number of rotatable bonds is 1. The van der Waals surface area contributed by atoms with E-state index in [1.807, 2.05) is 0 Å². The van der Waals surface area contributed by atoms with E-state index in [1.165, 1.54) is 22.6 Å². The van der Waals surface area contributed by atoms with Crippen LogP contribution >= 0.6 is 22.6 Å². The summed E-state index contributed by atoms with van der Waals surface area (Å²) in [5.74, 6) is -0.842. The molecular weight excluding hydrogens is 365 g/mol. The smallest absolute Gasteiger partial charge is 0.419 e. The Morgan fingerprint density at radius 1 is 0.941 bits per heavy atom. The molecule has 0 aromatic heterocycles. The monoisotopic (exact) mass is 370 g/mol. The first kappa shape index (κ1) is 14.4. The van der Waals surface area contributed by atoms with E-state index in [0.29, 0.717) is 12.1 Å². The highest BCUT2D eigenvalue weighted by Crippen LogP contribution is 2.42. The minimum atomic E-state index is -4.75. The van der Waals surface area contributed by atoms with Gasteiger partial charge in [0.1, 0.15) is 5.75 Å². The van der Waals surface area contributed by atoms with Gasteiger partial charge in [-0.2, -0.15) is 26.3 Å². The van der Waals surface area contributed by atoms with Crippen LogP contribution in [0.15, 0.2) is 12.1 Å². The second-order valence-electron chi connectivity index (χ2n) is 3.03. The average molecular weight is 370 g/mol. The van der Waals surface area contributed by atoms with E-state index < -0.39 is 32.8 Å². The summed E-state index contributed by atoms with van der Waals surface area (Å²) in [6, 6.07) is 0.771.